The summed E-state index contributed by atoms with van der Waals surface area (Å²) in [5.41, 5.74) is 1.55. The Morgan fingerprint density at radius 1 is 0.636 bits per heavy atom. The molecule has 0 heterocycles. The number of aliphatic carboxylic acids is 2. The van der Waals surface area contributed by atoms with E-state index >= 15 is 0 Å². The minimum atomic E-state index is -0.944. The molecule has 1 fully saturated rings. The highest BCUT2D eigenvalue weighted by Crippen LogP contribution is 2.57. The maximum Gasteiger partial charge on any atom is 0.307 e. The third kappa shape index (κ3) is 2.26. The van der Waals surface area contributed by atoms with Crippen LogP contribution in [0.15, 0.2) is 60.7 Å². The molecule has 4 nitrogen and oxygen atoms in total. The molecule has 4 heteroatoms. The van der Waals surface area contributed by atoms with E-state index < -0.39 is 35.6 Å². The number of carboxylic acid groups (broad SMARTS) is 2. The number of hydrogen-bond donors (Lipinski definition) is 2. The fourth-order valence-corrected chi connectivity index (χ4v) is 3.54. The van der Waals surface area contributed by atoms with Crippen LogP contribution < -0.4 is 0 Å². The standard InChI is InChI=1S/C18H16O4/c19-17(20)15-13(11-7-3-1-4-8-11)16(18(21)22)14(15)12-9-5-2-6-10-12/h1-10,13-16H,(H,19,20)(H,21,22)/t13-,14?,15-,16?/m1/s1. The van der Waals surface area contributed by atoms with Crippen LogP contribution in [0.1, 0.15) is 23.0 Å². The first-order valence-electron chi connectivity index (χ1n) is 7.16. The SMILES string of the molecule is O=C(O)C1C(c2ccccc2)[C@H](C(=O)O)[C@H]1c1ccccc1. The first-order chi connectivity index (χ1) is 10.6. The van der Waals surface area contributed by atoms with Crippen LogP contribution in [0.5, 0.6) is 0 Å². The Hall–Kier alpha value is -2.62. The van der Waals surface area contributed by atoms with E-state index in [4.69, 9.17) is 0 Å². The Labute approximate surface area is 128 Å². The van der Waals surface area contributed by atoms with Gasteiger partial charge in [-0.1, -0.05) is 60.7 Å². The van der Waals surface area contributed by atoms with Crippen LogP contribution in [0, 0.1) is 11.8 Å². The van der Waals surface area contributed by atoms with Crippen molar-refractivity contribution in [1.29, 1.82) is 0 Å². The summed E-state index contributed by atoms with van der Waals surface area (Å²) >= 11 is 0. The van der Waals surface area contributed by atoms with Crippen molar-refractivity contribution in [1.82, 2.24) is 0 Å². The second-order valence-electron chi connectivity index (χ2n) is 5.60. The number of benzene rings is 2. The van der Waals surface area contributed by atoms with E-state index in [2.05, 4.69) is 0 Å². The average molecular weight is 296 g/mol. The zero-order valence-electron chi connectivity index (χ0n) is 11.8. The molecule has 3 rings (SSSR count). The molecule has 0 bridgehead atoms. The summed E-state index contributed by atoms with van der Waals surface area (Å²) in [4.78, 5) is 23.4. The number of rotatable bonds is 4. The zero-order valence-corrected chi connectivity index (χ0v) is 11.8. The lowest BCUT2D eigenvalue weighted by Crippen LogP contribution is -2.50. The van der Waals surface area contributed by atoms with E-state index in [0.717, 1.165) is 11.1 Å². The first kappa shape index (κ1) is 14.3. The van der Waals surface area contributed by atoms with Crippen LogP contribution in [-0.4, -0.2) is 22.2 Å². The van der Waals surface area contributed by atoms with Crippen molar-refractivity contribution >= 4 is 11.9 Å². The minimum absolute atomic E-state index is 0.499. The molecule has 0 unspecified atom stereocenters. The summed E-state index contributed by atoms with van der Waals surface area (Å²) in [6, 6.07) is 18.1. The molecule has 0 aromatic heterocycles. The first-order valence-corrected chi connectivity index (χ1v) is 7.16. The molecule has 1 aliphatic carbocycles. The van der Waals surface area contributed by atoms with E-state index in [1.807, 2.05) is 36.4 Å². The molecular weight excluding hydrogens is 280 g/mol. The number of hydrogen-bond acceptors (Lipinski definition) is 2. The Morgan fingerprint density at radius 3 is 1.23 bits per heavy atom. The van der Waals surface area contributed by atoms with E-state index in [9.17, 15) is 19.8 Å². The van der Waals surface area contributed by atoms with Crippen molar-refractivity contribution in [3.63, 3.8) is 0 Å². The van der Waals surface area contributed by atoms with E-state index in [1.54, 1.807) is 24.3 Å². The van der Waals surface area contributed by atoms with E-state index in [1.165, 1.54) is 0 Å². The van der Waals surface area contributed by atoms with Gasteiger partial charge in [0.2, 0.25) is 0 Å². The van der Waals surface area contributed by atoms with Gasteiger partial charge >= 0.3 is 11.9 Å². The van der Waals surface area contributed by atoms with E-state index in [-0.39, 0.29) is 0 Å². The van der Waals surface area contributed by atoms with E-state index in [0.29, 0.717) is 0 Å². The molecule has 2 aromatic carbocycles. The second-order valence-corrected chi connectivity index (χ2v) is 5.60. The van der Waals surface area contributed by atoms with Crippen molar-refractivity contribution in [3.8, 4) is 0 Å². The lowest BCUT2D eigenvalue weighted by molar-refractivity contribution is -0.159. The van der Waals surface area contributed by atoms with Crippen molar-refractivity contribution in [2.45, 2.75) is 11.8 Å². The van der Waals surface area contributed by atoms with Crippen LogP contribution in [0.25, 0.3) is 0 Å². The lowest BCUT2D eigenvalue weighted by Gasteiger charge is -2.48. The Bertz CT molecular complexity index is 611. The van der Waals surface area contributed by atoms with Crippen LogP contribution >= 0.6 is 0 Å². The van der Waals surface area contributed by atoms with Gasteiger partial charge in [-0.2, -0.15) is 0 Å². The molecule has 22 heavy (non-hydrogen) atoms. The Morgan fingerprint density at radius 2 is 0.955 bits per heavy atom. The van der Waals surface area contributed by atoms with Gasteiger partial charge in [0.15, 0.2) is 0 Å². The molecular formula is C18H16O4. The largest absolute Gasteiger partial charge is 0.481 e. The lowest BCUT2D eigenvalue weighted by atomic mass is 9.52. The van der Waals surface area contributed by atoms with Crippen LogP contribution in [0.4, 0.5) is 0 Å². The molecule has 0 radical (unpaired) electrons. The molecule has 1 aliphatic rings. The Kier molecular flexibility index (Phi) is 3.67. The predicted molar refractivity (Wildman–Crippen MR) is 80.6 cm³/mol. The van der Waals surface area contributed by atoms with Gasteiger partial charge in [0, 0.05) is 11.8 Å². The highest BCUT2D eigenvalue weighted by Gasteiger charge is 2.58. The van der Waals surface area contributed by atoms with Crippen molar-refractivity contribution in [3.05, 3.63) is 71.8 Å². The average Bonchev–Trinajstić information content (AvgIpc) is 2.47. The topological polar surface area (TPSA) is 74.6 Å². The molecule has 0 saturated heterocycles. The van der Waals surface area contributed by atoms with Crippen LogP contribution in [0.3, 0.4) is 0 Å². The zero-order chi connectivity index (χ0) is 15.7. The summed E-state index contributed by atoms with van der Waals surface area (Å²) < 4.78 is 0. The fraction of sp³-hybridized carbons (Fsp3) is 0.222. The third-order valence-corrected chi connectivity index (χ3v) is 4.49. The molecule has 1 saturated carbocycles. The summed E-state index contributed by atoms with van der Waals surface area (Å²) in [6.07, 6.45) is 0. The number of carboxylic acids is 2. The molecule has 0 amide bonds. The summed E-state index contributed by atoms with van der Waals surface area (Å²) in [6.45, 7) is 0. The van der Waals surface area contributed by atoms with Crippen molar-refractivity contribution in [2.75, 3.05) is 0 Å². The summed E-state index contributed by atoms with van der Waals surface area (Å²) in [7, 11) is 0. The number of carbonyl (C=O) groups is 2. The normalized spacial score (nSPS) is 26.9. The minimum Gasteiger partial charge on any atom is -0.481 e. The van der Waals surface area contributed by atoms with Crippen molar-refractivity contribution < 1.29 is 19.8 Å². The van der Waals surface area contributed by atoms with Gasteiger partial charge in [0.25, 0.3) is 0 Å². The second kappa shape index (κ2) is 5.64. The van der Waals surface area contributed by atoms with Gasteiger partial charge in [-0.3, -0.25) is 9.59 Å². The Balaban J connectivity index is 2.04. The monoisotopic (exact) mass is 296 g/mol. The van der Waals surface area contributed by atoms with Gasteiger partial charge in [0.05, 0.1) is 11.8 Å². The molecule has 0 atom stereocenters. The molecule has 2 N–H and O–H groups in total. The van der Waals surface area contributed by atoms with Gasteiger partial charge < -0.3 is 10.2 Å². The highest BCUT2D eigenvalue weighted by molar-refractivity contribution is 5.83. The third-order valence-electron chi connectivity index (χ3n) is 4.49. The van der Waals surface area contributed by atoms with Crippen molar-refractivity contribution in [2.24, 2.45) is 11.8 Å². The van der Waals surface area contributed by atoms with Crippen LogP contribution in [0.2, 0.25) is 0 Å². The van der Waals surface area contributed by atoms with Gasteiger partial charge in [-0.25, -0.2) is 0 Å². The van der Waals surface area contributed by atoms with Gasteiger partial charge in [-0.15, -0.1) is 0 Å². The molecule has 112 valence electrons. The highest BCUT2D eigenvalue weighted by atomic mass is 16.4. The predicted octanol–water partition coefficient (Wildman–Crippen LogP) is 2.97. The maximum absolute atomic E-state index is 11.7. The summed E-state index contributed by atoms with van der Waals surface area (Å²) in [5, 5.41) is 19.2. The molecule has 0 spiro atoms. The quantitative estimate of drug-likeness (QED) is 0.909. The molecule has 2 aromatic rings. The maximum atomic E-state index is 11.7. The smallest absolute Gasteiger partial charge is 0.307 e. The molecule has 0 aliphatic heterocycles. The van der Waals surface area contributed by atoms with Gasteiger partial charge in [-0.05, 0) is 11.1 Å². The summed E-state index contributed by atoms with van der Waals surface area (Å²) in [5.74, 6) is -4.32. The fourth-order valence-electron chi connectivity index (χ4n) is 3.54. The van der Waals surface area contributed by atoms with Crippen LogP contribution in [-0.2, 0) is 9.59 Å². The van der Waals surface area contributed by atoms with Gasteiger partial charge in [0.1, 0.15) is 0 Å².